The molecule has 2 aromatic rings. The van der Waals surface area contributed by atoms with Crippen molar-refractivity contribution in [3.63, 3.8) is 0 Å². The van der Waals surface area contributed by atoms with Crippen LogP contribution in [0.2, 0.25) is 0 Å². The smallest absolute Gasteiger partial charge is 0.338 e. The molecule has 2 aromatic carbocycles. The first kappa shape index (κ1) is 53.7. The predicted molar refractivity (Wildman–Crippen MR) is 260 cm³/mol. The van der Waals surface area contributed by atoms with Gasteiger partial charge in [0, 0.05) is 45.5 Å². The first-order valence-electron chi connectivity index (χ1n) is 26.6. The largest absolute Gasteiger partial charge is 0.459 e. The zero-order valence-electron chi connectivity index (χ0n) is 43.5. The van der Waals surface area contributed by atoms with Crippen LogP contribution >= 0.6 is 0 Å². The fourth-order valence-electron chi connectivity index (χ4n) is 14.8. The quantitative estimate of drug-likeness (QED) is 0.132. The van der Waals surface area contributed by atoms with Crippen LogP contribution in [0.3, 0.4) is 0 Å². The van der Waals surface area contributed by atoms with Crippen LogP contribution in [-0.4, -0.2) is 152 Å². The average Bonchev–Trinajstić information content (AvgIpc) is 3.66. The molecule has 0 radical (unpaired) electrons. The van der Waals surface area contributed by atoms with Gasteiger partial charge in [0.15, 0.2) is 18.9 Å². The Kier molecular flexibility index (Phi) is 16.3. The third-order valence-electron chi connectivity index (χ3n) is 18.9. The fourth-order valence-corrected chi connectivity index (χ4v) is 14.8. The average molecular weight is 1010 g/mol. The summed E-state index contributed by atoms with van der Waals surface area (Å²) in [5.41, 5.74) is -1.23. The molecular formula is C56H80O16. The summed E-state index contributed by atoms with van der Waals surface area (Å²) in [6.07, 6.45) is -3.11. The van der Waals surface area contributed by atoms with E-state index in [2.05, 4.69) is 13.8 Å². The van der Waals surface area contributed by atoms with E-state index >= 15 is 0 Å². The van der Waals surface area contributed by atoms with Gasteiger partial charge in [-0.15, -0.1) is 0 Å². The Hall–Kier alpha value is -3.10. The molecule has 4 saturated carbocycles. The molecule has 3 aliphatic heterocycles. The summed E-state index contributed by atoms with van der Waals surface area (Å²) in [5.74, 6) is -0.681. The number of methoxy groups -OCH3 is 3. The van der Waals surface area contributed by atoms with E-state index in [9.17, 15) is 24.9 Å². The van der Waals surface area contributed by atoms with Gasteiger partial charge in [0.25, 0.3) is 0 Å². The third kappa shape index (κ3) is 9.95. The van der Waals surface area contributed by atoms with E-state index in [1.807, 2.05) is 57.2 Å². The summed E-state index contributed by atoms with van der Waals surface area (Å²) in [5, 5.41) is 34.8. The first-order valence-corrected chi connectivity index (χ1v) is 26.6. The van der Waals surface area contributed by atoms with Crippen LogP contribution in [0.5, 0.6) is 0 Å². The SMILES string of the molecule is COC1CC(OC2CCC3(C)C(CCC4C3CC(OC(=O)c3ccccc3)C3(C)C(C(C)OC(=O)c5ccccc5)CCC43O)C2)OC(C)C1OC1CC(OC)C(OC2OC(C)C(O)C(OC)C2O)C(C)O1. The van der Waals surface area contributed by atoms with Gasteiger partial charge < -0.3 is 67.4 Å². The number of aliphatic hydroxyl groups excluding tert-OH is 2. The molecule has 0 amide bonds. The Morgan fingerprint density at radius 3 is 1.85 bits per heavy atom. The van der Waals surface area contributed by atoms with Crippen molar-refractivity contribution < 1.29 is 77.0 Å². The van der Waals surface area contributed by atoms with Gasteiger partial charge in [-0.25, -0.2) is 9.59 Å². The maximum atomic E-state index is 14.0. The summed E-state index contributed by atoms with van der Waals surface area (Å²) in [7, 11) is 4.70. The monoisotopic (exact) mass is 1010 g/mol. The highest BCUT2D eigenvalue weighted by Crippen LogP contribution is 2.70. The Morgan fingerprint density at radius 1 is 0.639 bits per heavy atom. The van der Waals surface area contributed by atoms with Crippen LogP contribution in [0.1, 0.15) is 126 Å². The van der Waals surface area contributed by atoms with E-state index in [1.54, 1.807) is 45.4 Å². The predicted octanol–water partition coefficient (Wildman–Crippen LogP) is 6.78. The Bertz CT molecular complexity index is 2130. The molecule has 3 N–H and O–H groups in total. The summed E-state index contributed by atoms with van der Waals surface area (Å²) in [4.78, 5) is 27.4. The molecule has 23 atom stereocenters. The molecule has 72 heavy (non-hydrogen) atoms. The lowest BCUT2D eigenvalue weighted by molar-refractivity contribution is -0.352. The molecule has 16 nitrogen and oxygen atoms in total. The van der Waals surface area contributed by atoms with E-state index in [1.165, 1.54) is 7.11 Å². The maximum absolute atomic E-state index is 14.0. The molecule has 4 aliphatic carbocycles. The lowest BCUT2D eigenvalue weighted by Gasteiger charge is -2.65. The number of fused-ring (bicyclic) bond motifs is 5. The second-order valence-electron chi connectivity index (χ2n) is 22.5. The molecule has 23 unspecified atom stereocenters. The van der Waals surface area contributed by atoms with Gasteiger partial charge >= 0.3 is 11.9 Å². The molecule has 0 bridgehead atoms. The van der Waals surface area contributed by atoms with Gasteiger partial charge in [-0.1, -0.05) is 50.2 Å². The number of ether oxygens (including phenoxy) is 11. The lowest BCUT2D eigenvalue weighted by Crippen LogP contribution is -2.68. The second-order valence-corrected chi connectivity index (χ2v) is 22.5. The van der Waals surface area contributed by atoms with Gasteiger partial charge in [-0.3, -0.25) is 0 Å². The number of carbonyl (C=O) groups is 2. The van der Waals surface area contributed by atoms with Crippen molar-refractivity contribution in [1.82, 2.24) is 0 Å². The van der Waals surface area contributed by atoms with E-state index in [0.29, 0.717) is 49.1 Å². The first-order chi connectivity index (χ1) is 34.4. The van der Waals surface area contributed by atoms with Crippen molar-refractivity contribution in [3.05, 3.63) is 71.8 Å². The minimum Gasteiger partial charge on any atom is -0.459 e. The van der Waals surface area contributed by atoms with Gasteiger partial charge in [0.2, 0.25) is 0 Å². The Morgan fingerprint density at radius 2 is 1.24 bits per heavy atom. The molecule has 9 rings (SSSR count). The molecular weight excluding hydrogens is 929 g/mol. The van der Waals surface area contributed by atoms with E-state index < -0.39 is 109 Å². The molecule has 3 heterocycles. The number of esters is 2. The molecule has 7 fully saturated rings. The second kappa shape index (κ2) is 21.9. The zero-order chi connectivity index (χ0) is 51.3. The van der Waals surface area contributed by atoms with Gasteiger partial charge in [-0.05, 0) is 126 Å². The van der Waals surface area contributed by atoms with Crippen molar-refractivity contribution in [2.45, 2.75) is 210 Å². The normalized spacial score (nSPS) is 45.5. The van der Waals surface area contributed by atoms with Gasteiger partial charge in [0.05, 0.1) is 53.4 Å². The third-order valence-corrected chi connectivity index (χ3v) is 18.9. The van der Waals surface area contributed by atoms with E-state index in [-0.39, 0.29) is 35.4 Å². The van der Waals surface area contributed by atoms with Crippen molar-refractivity contribution in [2.24, 2.45) is 34.5 Å². The van der Waals surface area contributed by atoms with Crippen LogP contribution in [0, 0.1) is 34.5 Å². The zero-order valence-corrected chi connectivity index (χ0v) is 43.5. The lowest BCUT2D eigenvalue weighted by atomic mass is 9.42. The number of aliphatic hydroxyl groups is 3. The Labute approximate surface area is 424 Å². The standard InChI is InChI=1S/C56H80O16/c1-30(67-51(59)34-16-12-10-13-17-34)38-23-25-56(61)39-21-20-36-26-37(22-24-54(36,5)40(39)27-43(55(38,56)6)70-52(60)35-18-14-11-15-19-35)69-44-28-41(62-7)48(32(3)65-44)71-45-29-42(63-8)49(33(4)66-45)72-53-47(58)50(64-9)46(57)31(2)68-53/h10-19,30-33,36-50,53,57-58,61H,20-29H2,1-9H3. The van der Waals surface area contributed by atoms with Crippen molar-refractivity contribution >= 4 is 11.9 Å². The molecule has 16 heteroatoms. The minimum atomic E-state index is -1.23. The number of hydrogen-bond donors (Lipinski definition) is 3. The van der Waals surface area contributed by atoms with E-state index in [0.717, 1.165) is 32.1 Å². The minimum absolute atomic E-state index is 0.0215. The number of hydrogen-bond acceptors (Lipinski definition) is 16. The topological polar surface area (TPSA) is 196 Å². The van der Waals surface area contributed by atoms with Gasteiger partial charge in [0.1, 0.15) is 42.7 Å². The molecule has 7 aliphatic rings. The summed E-state index contributed by atoms with van der Waals surface area (Å²) < 4.78 is 68.7. The molecule has 0 aromatic heterocycles. The van der Waals surface area contributed by atoms with Crippen molar-refractivity contribution in [3.8, 4) is 0 Å². The van der Waals surface area contributed by atoms with Crippen LogP contribution in [0.15, 0.2) is 60.7 Å². The highest BCUT2D eigenvalue weighted by atomic mass is 16.8. The number of benzene rings is 2. The summed E-state index contributed by atoms with van der Waals surface area (Å²) in [6, 6.07) is 18.0. The van der Waals surface area contributed by atoms with E-state index in [4.69, 9.17) is 52.1 Å². The fraction of sp³-hybridized carbons (Fsp3) is 0.750. The van der Waals surface area contributed by atoms with Crippen LogP contribution in [-0.2, 0) is 52.1 Å². The number of carbonyl (C=O) groups excluding carboxylic acids is 2. The highest BCUT2D eigenvalue weighted by Gasteiger charge is 2.72. The molecule has 0 spiro atoms. The van der Waals surface area contributed by atoms with Crippen LogP contribution < -0.4 is 0 Å². The summed E-state index contributed by atoms with van der Waals surface area (Å²) >= 11 is 0. The van der Waals surface area contributed by atoms with Crippen LogP contribution in [0.25, 0.3) is 0 Å². The molecule has 400 valence electrons. The number of rotatable bonds is 14. The molecule has 3 saturated heterocycles. The maximum Gasteiger partial charge on any atom is 0.338 e. The van der Waals surface area contributed by atoms with Crippen molar-refractivity contribution in [2.75, 3.05) is 21.3 Å². The van der Waals surface area contributed by atoms with Crippen molar-refractivity contribution in [1.29, 1.82) is 0 Å². The highest BCUT2D eigenvalue weighted by molar-refractivity contribution is 5.90. The summed E-state index contributed by atoms with van der Waals surface area (Å²) in [6.45, 7) is 11.9. The van der Waals surface area contributed by atoms with Gasteiger partial charge in [-0.2, -0.15) is 0 Å². The Balaban J connectivity index is 0.842. The van der Waals surface area contributed by atoms with Crippen LogP contribution in [0.4, 0.5) is 0 Å².